The fourth-order valence-electron chi connectivity index (χ4n) is 4.20. The van der Waals surface area contributed by atoms with Gasteiger partial charge < -0.3 is 14.7 Å². The molecule has 2 aliphatic rings. The summed E-state index contributed by atoms with van der Waals surface area (Å²) in [5, 5.41) is 0. The summed E-state index contributed by atoms with van der Waals surface area (Å²) >= 11 is 0. The molecule has 0 aliphatic carbocycles. The summed E-state index contributed by atoms with van der Waals surface area (Å²) < 4.78 is 0. The fourth-order valence-corrected chi connectivity index (χ4v) is 4.20. The van der Waals surface area contributed by atoms with Crippen LogP contribution in [0.3, 0.4) is 0 Å². The van der Waals surface area contributed by atoms with Gasteiger partial charge in [0.15, 0.2) is 0 Å². The monoisotopic (exact) mass is 377 g/mol. The molecule has 5 heteroatoms. The van der Waals surface area contributed by atoms with Crippen LogP contribution in [0.4, 0.5) is 5.69 Å². The molecule has 28 heavy (non-hydrogen) atoms. The second-order valence-electron chi connectivity index (χ2n) is 7.81. The molecule has 2 aliphatic heterocycles. The van der Waals surface area contributed by atoms with Crippen molar-refractivity contribution in [2.75, 3.05) is 37.6 Å². The Morgan fingerprint density at radius 1 is 1.00 bits per heavy atom. The van der Waals surface area contributed by atoms with Crippen LogP contribution >= 0.6 is 0 Å². The normalized spacial score (nSPS) is 20.0. The first-order valence-electron chi connectivity index (χ1n) is 10.0. The number of amides is 2. The highest BCUT2D eigenvalue weighted by Gasteiger charge is 2.37. The predicted molar refractivity (Wildman–Crippen MR) is 110 cm³/mol. The Labute approximate surface area is 166 Å². The van der Waals surface area contributed by atoms with Crippen LogP contribution in [-0.4, -0.2) is 54.3 Å². The first-order valence-corrected chi connectivity index (χ1v) is 10.0. The van der Waals surface area contributed by atoms with Crippen molar-refractivity contribution in [2.24, 2.45) is 5.92 Å². The van der Waals surface area contributed by atoms with Gasteiger partial charge in [-0.25, -0.2) is 0 Å². The molecule has 2 fully saturated rings. The summed E-state index contributed by atoms with van der Waals surface area (Å²) in [6.07, 6.45) is 0.337. The lowest BCUT2D eigenvalue weighted by Crippen LogP contribution is -2.50. The Kier molecular flexibility index (Phi) is 5.33. The lowest BCUT2D eigenvalue weighted by molar-refractivity contribution is -0.136. The number of para-hydroxylation sites is 1. The van der Waals surface area contributed by atoms with Crippen molar-refractivity contribution in [3.63, 3.8) is 0 Å². The van der Waals surface area contributed by atoms with Gasteiger partial charge in [0.2, 0.25) is 11.8 Å². The third kappa shape index (κ3) is 4.03. The molecule has 2 saturated heterocycles. The van der Waals surface area contributed by atoms with Crippen LogP contribution in [0, 0.1) is 12.8 Å². The average molecular weight is 377 g/mol. The van der Waals surface area contributed by atoms with Crippen molar-refractivity contribution in [1.29, 1.82) is 0 Å². The van der Waals surface area contributed by atoms with Crippen molar-refractivity contribution in [3.8, 4) is 0 Å². The van der Waals surface area contributed by atoms with E-state index in [-0.39, 0.29) is 17.7 Å². The summed E-state index contributed by atoms with van der Waals surface area (Å²) in [7, 11) is 0. The number of hydrogen-bond acceptors (Lipinski definition) is 3. The maximum absolute atomic E-state index is 13.0. The molecule has 0 radical (unpaired) electrons. The molecule has 0 spiro atoms. The quantitative estimate of drug-likeness (QED) is 0.823. The molecule has 1 unspecified atom stereocenters. The predicted octanol–water partition coefficient (Wildman–Crippen LogP) is 2.69. The molecule has 146 valence electrons. The largest absolute Gasteiger partial charge is 0.368 e. The summed E-state index contributed by atoms with van der Waals surface area (Å²) in [6.45, 7) is 6.28. The summed E-state index contributed by atoms with van der Waals surface area (Å²) in [5.41, 5.74) is 3.51. The molecule has 0 aromatic heterocycles. The zero-order valence-corrected chi connectivity index (χ0v) is 16.4. The average Bonchev–Trinajstić information content (AvgIpc) is 3.08. The van der Waals surface area contributed by atoms with Gasteiger partial charge in [0.25, 0.3) is 0 Å². The van der Waals surface area contributed by atoms with Crippen LogP contribution in [-0.2, 0) is 16.1 Å². The maximum Gasteiger partial charge on any atom is 0.228 e. The van der Waals surface area contributed by atoms with E-state index in [0.29, 0.717) is 19.5 Å². The Morgan fingerprint density at radius 2 is 1.75 bits per heavy atom. The van der Waals surface area contributed by atoms with E-state index in [0.717, 1.165) is 31.7 Å². The molecule has 5 nitrogen and oxygen atoms in total. The van der Waals surface area contributed by atoms with E-state index in [2.05, 4.69) is 36.1 Å². The van der Waals surface area contributed by atoms with E-state index in [1.165, 1.54) is 11.3 Å². The highest BCUT2D eigenvalue weighted by Crippen LogP contribution is 2.24. The summed E-state index contributed by atoms with van der Waals surface area (Å²) in [4.78, 5) is 31.5. The van der Waals surface area contributed by atoms with Gasteiger partial charge in [0, 0.05) is 51.4 Å². The molecule has 0 bridgehead atoms. The van der Waals surface area contributed by atoms with Crippen molar-refractivity contribution >= 4 is 17.5 Å². The van der Waals surface area contributed by atoms with Gasteiger partial charge in [-0.3, -0.25) is 9.59 Å². The Hall–Kier alpha value is -2.82. The molecular formula is C23H27N3O2. The zero-order chi connectivity index (χ0) is 19.5. The lowest BCUT2D eigenvalue weighted by Gasteiger charge is -2.37. The van der Waals surface area contributed by atoms with Crippen LogP contribution in [0.25, 0.3) is 0 Å². The first kappa shape index (κ1) is 18.5. The summed E-state index contributed by atoms with van der Waals surface area (Å²) in [5.74, 6) is 0.0103. The lowest BCUT2D eigenvalue weighted by atomic mass is 10.1. The number of rotatable bonds is 4. The number of anilines is 1. The van der Waals surface area contributed by atoms with E-state index in [4.69, 9.17) is 0 Å². The van der Waals surface area contributed by atoms with Crippen molar-refractivity contribution in [3.05, 3.63) is 65.7 Å². The topological polar surface area (TPSA) is 43.9 Å². The van der Waals surface area contributed by atoms with Gasteiger partial charge in [-0.05, 0) is 24.6 Å². The number of benzene rings is 2. The van der Waals surface area contributed by atoms with E-state index in [1.807, 2.05) is 40.1 Å². The van der Waals surface area contributed by atoms with Crippen LogP contribution < -0.4 is 4.90 Å². The SMILES string of the molecule is Cc1cccc(CN2CC(C(=O)N3CCN(c4ccccc4)CC3)CC2=O)c1. The third-order valence-electron chi connectivity index (χ3n) is 5.73. The van der Waals surface area contributed by atoms with Gasteiger partial charge in [-0.1, -0.05) is 48.0 Å². The minimum atomic E-state index is -0.208. The number of nitrogens with zero attached hydrogens (tertiary/aromatic N) is 3. The molecule has 2 aromatic carbocycles. The summed E-state index contributed by atoms with van der Waals surface area (Å²) in [6, 6.07) is 18.5. The maximum atomic E-state index is 13.0. The number of likely N-dealkylation sites (tertiary alicyclic amines) is 1. The van der Waals surface area contributed by atoms with Gasteiger partial charge in [0.05, 0.1) is 5.92 Å². The third-order valence-corrected chi connectivity index (χ3v) is 5.73. The van der Waals surface area contributed by atoms with Crippen molar-refractivity contribution in [2.45, 2.75) is 19.9 Å². The molecular weight excluding hydrogens is 350 g/mol. The Bertz CT molecular complexity index is 844. The van der Waals surface area contributed by atoms with Crippen LogP contribution in [0.5, 0.6) is 0 Å². The van der Waals surface area contributed by atoms with E-state index in [1.54, 1.807) is 0 Å². The number of piperazine rings is 1. The fraction of sp³-hybridized carbons (Fsp3) is 0.391. The Morgan fingerprint density at radius 3 is 2.46 bits per heavy atom. The molecule has 0 saturated carbocycles. The standard InChI is InChI=1S/C23H27N3O2/c1-18-6-5-7-19(14-18)16-26-17-20(15-22(26)27)23(28)25-12-10-24(11-13-25)21-8-3-2-4-9-21/h2-9,14,20H,10-13,15-17H2,1H3. The minimum absolute atomic E-state index is 0.0859. The van der Waals surface area contributed by atoms with Crippen molar-refractivity contribution in [1.82, 2.24) is 9.80 Å². The number of aryl methyl sites for hydroxylation is 1. The molecule has 4 rings (SSSR count). The Balaban J connectivity index is 1.32. The minimum Gasteiger partial charge on any atom is -0.368 e. The molecule has 2 aromatic rings. The van der Waals surface area contributed by atoms with Crippen LogP contribution in [0.15, 0.2) is 54.6 Å². The second-order valence-corrected chi connectivity index (χ2v) is 7.81. The van der Waals surface area contributed by atoms with Gasteiger partial charge in [0.1, 0.15) is 0 Å². The first-order chi connectivity index (χ1) is 13.6. The van der Waals surface area contributed by atoms with Crippen LogP contribution in [0.2, 0.25) is 0 Å². The molecule has 2 heterocycles. The van der Waals surface area contributed by atoms with Crippen molar-refractivity contribution < 1.29 is 9.59 Å². The molecule has 2 amide bonds. The smallest absolute Gasteiger partial charge is 0.228 e. The molecule has 1 atom stereocenters. The molecule has 0 N–H and O–H groups in total. The van der Waals surface area contributed by atoms with Gasteiger partial charge in [-0.15, -0.1) is 0 Å². The number of hydrogen-bond donors (Lipinski definition) is 0. The van der Waals surface area contributed by atoms with E-state index >= 15 is 0 Å². The van der Waals surface area contributed by atoms with Gasteiger partial charge in [-0.2, -0.15) is 0 Å². The highest BCUT2D eigenvalue weighted by atomic mass is 16.2. The second kappa shape index (κ2) is 8.05. The van der Waals surface area contributed by atoms with Crippen LogP contribution in [0.1, 0.15) is 17.5 Å². The van der Waals surface area contributed by atoms with E-state index < -0.39 is 0 Å². The number of carbonyl (C=O) groups is 2. The highest BCUT2D eigenvalue weighted by molar-refractivity contribution is 5.89. The number of carbonyl (C=O) groups excluding carboxylic acids is 2. The van der Waals surface area contributed by atoms with E-state index in [9.17, 15) is 9.59 Å². The van der Waals surface area contributed by atoms with Gasteiger partial charge >= 0.3 is 0 Å². The zero-order valence-electron chi connectivity index (χ0n) is 16.4.